The van der Waals surface area contributed by atoms with Crippen LogP contribution in [0.3, 0.4) is 0 Å². The fraction of sp³-hybridized carbons (Fsp3) is 0.632. The molecular formula is C19H27ClN2O2. The highest BCUT2D eigenvalue weighted by atomic mass is 35.5. The van der Waals surface area contributed by atoms with E-state index in [0.29, 0.717) is 19.8 Å². The molecule has 0 atom stereocenters. The Morgan fingerprint density at radius 2 is 1.79 bits per heavy atom. The van der Waals surface area contributed by atoms with Crippen molar-refractivity contribution in [2.24, 2.45) is 11.1 Å². The van der Waals surface area contributed by atoms with E-state index in [9.17, 15) is 4.79 Å². The smallest absolute Gasteiger partial charge is 0.234 e. The van der Waals surface area contributed by atoms with E-state index in [0.717, 1.165) is 25.1 Å². The number of carbonyl (C=O) groups is 1. The molecule has 2 fully saturated rings. The molecule has 1 aromatic rings. The van der Waals surface area contributed by atoms with Gasteiger partial charge in [-0.1, -0.05) is 31.0 Å². The van der Waals surface area contributed by atoms with Crippen molar-refractivity contribution >= 4 is 24.0 Å². The molecule has 3 aliphatic rings. The van der Waals surface area contributed by atoms with E-state index < -0.39 is 5.41 Å². The van der Waals surface area contributed by atoms with Crippen molar-refractivity contribution in [2.75, 3.05) is 31.2 Å². The molecule has 1 saturated carbocycles. The van der Waals surface area contributed by atoms with E-state index in [2.05, 4.69) is 23.1 Å². The first kappa shape index (κ1) is 17.7. The molecule has 1 aliphatic carbocycles. The molecule has 2 N–H and O–H groups in total. The number of benzene rings is 1. The third kappa shape index (κ3) is 2.56. The Morgan fingerprint density at radius 3 is 2.46 bits per heavy atom. The van der Waals surface area contributed by atoms with Gasteiger partial charge in [-0.05, 0) is 37.3 Å². The van der Waals surface area contributed by atoms with Gasteiger partial charge in [-0.3, -0.25) is 4.79 Å². The molecule has 24 heavy (non-hydrogen) atoms. The minimum Gasteiger partial charge on any atom is -0.381 e. The van der Waals surface area contributed by atoms with E-state index in [1.807, 2.05) is 6.07 Å². The van der Waals surface area contributed by atoms with Crippen molar-refractivity contribution in [2.45, 2.75) is 43.9 Å². The molecule has 4 rings (SSSR count). The Kier molecular flexibility index (Phi) is 4.92. The van der Waals surface area contributed by atoms with Crippen LogP contribution >= 0.6 is 12.4 Å². The first-order valence-electron chi connectivity index (χ1n) is 8.90. The molecule has 5 heteroatoms. The van der Waals surface area contributed by atoms with Crippen molar-refractivity contribution in [3.8, 4) is 0 Å². The van der Waals surface area contributed by atoms with Crippen molar-refractivity contribution in [3.63, 3.8) is 0 Å². The summed E-state index contributed by atoms with van der Waals surface area (Å²) in [5.74, 6) is 0.222. The second-order valence-corrected chi connectivity index (χ2v) is 7.49. The Balaban J connectivity index is 0.00000169. The second kappa shape index (κ2) is 6.66. The van der Waals surface area contributed by atoms with Crippen LogP contribution in [0.15, 0.2) is 24.3 Å². The number of hydrogen-bond acceptors (Lipinski definition) is 3. The van der Waals surface area contributed by atoms with Gasteiger partial charge in [-0.2, -0.15) is 0 Å². The van der Waals surface area contributed by atoms with Gasteiger partial charge in [0.1, 0.15) is 0 Å². The Morgan fingerprint density at radius 1 is 1.12 bits per heavy atom. The van der Waals surface area contributed by atoms with Gasteiger partial charge in [-0.15, -0.1) is 12.4 Å². The van der Waals surface area contributed by atoms with Gasteiger partial charge in [-0.25, -0.2) is 0 Å². The zero-order chi connectivity index (χ0) is 15.9. The van der Waals surface area contributed by atoms with Crippen LogP contribution in [0.5, 0.6) is 0 Å². The minimum absolute atomic E-state index is 0. The number of amides is 1. The lowest BCUT2D eigenvalue weighted by Crippen LogP contribution is -2.51. The molecule has 0 radical (unpaired) electrons. The number of hydrogen-bond donors (Lipinski definition) is 1. The van der Waals surface area contributed by atoms with Crippen LogP contribution in [0.4, 0.5) is 5.69 Å². The molecule has 1 spiro atoms. The van der Waals surface area contributed by atoms with E-state index in [-0.39, 0.29) is 23.7 Å². The van der Waals surface area contributed by atoms with Crippen LogP contribution in [0, 0.1) is 5.41 Å². The molecule has 1 amide bonds. The highest BCUT2D eigenvalue weighted by Crippen LogP contribution is 2.51. The van der Waals surface area contributed by atoms with Gasteiger partial charge < -0.3 is 15.4 Å². The first-order chi connectivity index (χ1) is 11.2. The van der Waals surface area contributed by atoms with Crippen molar-refractivity contribution in [3.05, 3.63) is 29.8 Å². The van der Waals surface area contributed by atoms with Crippen LogP contribution < -0.4 is 10.6 Å². The zero-order valence-corrected chi connectivity index (χ0v) is 14.9. The van der Waals surface area contributed by atoms with E-state index in [1.165, 1.54) is 31.2 Å². The highest BCUT2D eigenvalue weighted by Gasteiger charge is 2.50. The summed E-state index contributed by atoms with van der Waals surface area (Å²) >= 11 is 0. The van der Waals surface area contributed by atoms with Gasteiger partial charge in [0.05, 0.1) is 5.41 Å². The maximum absolute atomic E-state index is 13.4. The predicted molar refractivity (Wildman–Crippen MR) is 97.7 cm³/mol. The quantitative estimate of drug-likeness (QED) is 0.892. The fourth-order valence-corrected chi connectivity index (χ4v) is 4.84. The topological polar surface area (TPSA) is 55.6 Å². The van der Waals surface area contributed by atoms with Gasteiger partial charge in [0.25, 0.3) is 0 Å². The SMILES string of the molecule is Cl.NCC1(C(=O)N2CC3(CCCC3)c3ccccc32)CCOCC1. The van der Waals surface area contributed by atoms with Gasteiger partial charge in [0.15, 0.2) is 0 Å². The molecule has 2 heterocycles. The molecule has 4 nitrogen and oxygen atoms in total. The number of ether oxygens (including phenoxy) is 1. The summed E-state index contributed by atoms with van der Waals surface area (Å²) in [6.07, 6.45) is 6.43. The summed E-state index contributed by atoms with van der Waals surface area (Å²) in [5, 5.41) is 0. The van der Waals surface area contributed by atoms with Crippen LogP contribution in [-0.2, 0) is 14.9 Å². The molecule has 2 aliphatic heterocycles. The number of nitrogens with zero attached hydrogens (tertiary/aromatic N) is 1. The number of fused-ring (bicyclic) bond motifs is 2. The normalized spacial score (nSPS) is 23.8. The predicted octanol–water partition coefficient (Wildman–Crippen LogP) is 3.02. The van der Waals surface area contributed by atoms with Gasteiger partial charge in [0, 0.05) is 37.4 Å². The molecule has 0 aromatic heterocycles. The first-order valence-corrected chi connectivity index (χ1v) is 8.90. The summed E-state index contributed by atoms with van der Waals surface area (Å²) in [4.78, 5) is 15.5. The standard InChI is InChI=1S/C19H26N2O2.ClH/c20-13-18(9-11-23-12-10-18)17(22)21-14-19(7-3-4-8-19)15-5-1-2-6-16(15)21;/h1-2,5-6H,3-4,7-14,20H2;1H. The summed E-state index contributed by atoms with van der Waals surface area (Å²) in [7, 11) is 0. The van der Waals surface area contributed by atoms with Crippen molar-refractivity contribution in [1.82, 2.24) is 0 Å². The second-order valence-electron chi connectivity index (χ2n) is 7.49. The lowest BCUT2D eigenvalue weighted by molar-refractivity contribution is -0.133. The summed E-state index contributed by atoms with van der Waals surface area (Å²) in [6.45, 7) is 2.54. The highest BCUT2D eigenvalue weighted by molar-refractivity contribution is 6.00. The van der Waals surface area contributed by atoms with Crippen molar-refractivity contribution < 1.29 is 9.53 Å². The van der Waals surface area contributed by atoms with E-state index in [4.69, 9.17) is 10.5 Å². The lowest BCUT2D eigenvalue weighted by Gasteiger charge is -2.38. The summed E-state index contributed by atoms with van der Waals surface area (Å²) in [6, 6.07) is 8.50. The molecule has 0 unspecified atom stereocenters. The summed E-state index contributed by atoms with van der Waals surface area (Å²) < 4.78 is 5.48. The van der Waals surface area contributed by atoms with Crippen LogP contribution in [0.25, 0.3) is 0 Å². The average molecular weight is 351 g/mol. The molecule has 0 bridgehead atoms. The van der Waals surface area contributed by atoms with E-state index >= 15 is 0 Å². The number of rotatable bonds is 2. The molecule has 1 aromatic carbocycles. The third-order valence-corrected chi connectivity index (χ3v) is 6.33. The Labute approximate surface area is 150 Å². The van der Waals surface area contributed by atoms with Gasteiger partial charge in [0.2, 0.25) is 5.91 Å². The molecular weight excluding hydrogens is 324 g/mol. The number of carbonyl (C=O) groups excluding carboxylic acids is 1. The van der Waals surface area contributed by atoms with Crippen LogP contribution in [0.2, 0.25) is 0 Å². The Hall–Kier alpha value is -1.10. The number of nitrogens with two attached hydrogens (primary N) is 1. The third-order valence-electron chi connectivity index (χ3n) is 6.33. The van der Waals surface area contributed by atoms with Gasteiger partial charge >= 0.3 is 0 Å². The summed E-state index contributed by atoms with van der Waals surface area (Å²) in [5.41, 5.74) is 8.32. The zero-order valence-electron chi connectivity index (χ0n) is 14.1. The van der Waals surface area contributed by atoms with Crippen LogP contribution in [-0.4, -0.2) is 32.2 Å². The van der Waals surface area contributed by atoms with Crippen LogP contribution in [0.1, 0.15) is 44.1 Å². The number of para-hydroxylation sites is 1. The fourth-order valence-electron chi connectivity index (χ4n) is 4.84. The number of anilines is 1. The monoisotopic (exact) mass is 350 g/mol. The number of halogens is 1. The largest absolute Gasteiger partial charge is 0.381 e. The lowest BCUT2D eigenvalue weighted by atomic mass is 9.78. The average Bonchev–Trinajstić information content (AvgIpc) is 3.21. The van der Waals surface area contributed by atoms with Crippen molar-refractivity contribution in [1.29, 1.82) is 0 Å². The Bertz CT molecular complexity index is 607. The molecule has 1 saturated heterocycles. The minimum atomic E-state index is -0.435. The molecule has 132 valence electrons. The maximum Gasteiger partial charge on any atom is 0.234 e. The van der Waals surface area contributed by atoms with E-state index in [1.54, 1.807) is 0 Å². The maximum atomic E-state index is 13.4.